The van der Waals surface area contributed by atoms with E-state index >= 15 is 0 Å². The predicted octanol–water partition coefficient (Wildman–Crippen LogP) is 14.3. The smallest absolute Gasteiger partial charge is 0.0546 e. The Hall–Kier alpha value is -6.70. The highest BCUT2D eigenvalue weighted by atomic mass is 15.1. The second kappa shape index (κ2) is 12.0. The quantitative estimate of drug-likeness (QED) is 0.168. The van der Waals surface area contributed by atoms with Crippen LogP contribution in [-0.4, -0.2) is 0 Å². The van der Waals surface area contributed by atoms with Gasteiger partial charge >= 0.3 is 0 Å². The van der Waals surface area contributed by atoms with Crippen molar-refractivity contribution in [2.45, 2.75) is 0 Å². The lowest BCUT2D eigenvalue weighted by Gasteiger charge is -2.30. The van der Waals surface area contributed by atoms with E-state index in [-0.39, 0.29) is 0 Å². The fourth-order valence-corrected chi connectivity index (χ4v) is 8.05. The highest BCUT2D eigenvalue weighted by Crippen LogP contribution is 2.46. The molecule has 10 aromatic carbocycles. The van der Waals surface area contributed by atoms with Crippen molar-refractivity contribution in [3.05, 3.63) is 200 Å². The molecule has 0 saturated carbocycles. The van der Waals surface area contributed by atoms with Crippen molar-refractivity contribution in [2.24, 2.45) is 0 Å². The largest absolute Gasteiger partial charge is 0.309 e. The van der Waals surface area contributed by atoms with E-state index in [1.54, 1.807) is 0 Å². The van der Waals surface area contributed by atoms with Gasteiger partial charge in [0.25, 0.3) is 0 Å². The number of hydrogen-bond donors (Lipinski definition) is 0. The third-order valence-electron chi connectivity index (χ3n) is 10.4. The Morgan fingerprint density at radius 2 is 0.784 bits per heavy atom. The van der Waals surface area contributed by atoms with Crippen LogP contribution in [0.15, 0.2) is 200 Å². The molecule has 0 atom stereocenters. The molecule has 0 spiro atoms. The SMILES string of the molecule is c1ccc(-c2ccccc2N(c2ccc(-c3cc4c5ccccc5ccc4c4ccccc34)cc2)c2cc3ccccc3c3ccccc23)cc1. The normalized spacial score (nSPS) is 11.5. The molecule has 10 aromatic rings. The summed E-state index contributed by atoms with van der Waals surface area (Å²) in [4.78, 5) is 2.45. The van der Waals surface area contributed by atoms with E-state index in [1.165, 1.54) is 76.1 Å². The molecule has 0 bridgehead atoms. The summed E-state index contributed by atoms with van der Waals surface area (Å²) in [5, 5.41) is 12.6. The number of nitrogens with zero attached hydrogens (tertiary/aromatic N) is 1. The second-order valence-electron chi connectivity index (χ2n) is 13.3. The summed E-state index contributed by atoms with van der Waals surface area (Å²) >= 11 is 0. The van der Waals surface area contributed by atoms with Crippen molar-refractivity contribution < 1.29 is 0 Å². The van der Waals surface area contributed by atoms with Gasteiger partial charge in [-0.3, -0.25) is 0 Å². The van der Waals surface area contributed by atoms with E-state index in [4.69, 9.17) is 0 Å². The first-order valence-corrected chi connectivity index (χ1v) is 17.6. The van der Waals surface area contributed by atoms with Crippen LogP contribution in [0.25, 0.3) is 76.1 Å². The maximum atomic E-state index is 2.45. The third-order valence-corrected chi connectivity index (χ3v) is 10.4. The first-order valence-electron chi connectivity index (χ1n) is 17.6. The minimum Gasteiger partial charge on any atom is -0.309 e. The van der Waals surface area contributed by atoms with E-state index < -0.39 is 0 Å². The van der Waals surface area contributed by atoms with E-state index in [2.05, 4.69) is 205 Å². The van der Waals surface area contributed by atoms with Crippen molar-refractivity contribution in [1.29, 1.82) is 0 Å². The molecule has 238 valence electrons. The Labute approximate surface area is 297 Å². The molecule has 0 aliphatic heterocycles. The molecule has 0 radical (unpaired) electrons. The van der Waals surface area contributed by atoms with E-state index in [9.17, 15) is 0 Å². The second-order valence-corrected chi connectivity index (χ2v) is 13.3. The zero-order chi connectivity index (χ0) is 33.7. The maximum Gasteiger partial charge on any atom is 0.0546 e. The van der Waals surface area contributed by atoms with Crippen LogP contribution < -0.4 is 4.90 Å². The molecule has 1 nitrogen and oxygen atoms in total. The zero-order valence-corrected chi connectivity index (χ0v) is 28.0. The van der Waals surface area contributed by atoms with Gasteiger partial charge < -0.3 is 4.90 Å². The van der Waals surface area contributed by atoms with Gasteiger partial charge in [-0.1, -0.05) is 170 Å². The van der Waals surface area contributed by atoms with Crippen LogP contribution in [0.2, 0.25) is 0 Å². The Morgan fingerprint density at radius 3 is 1.55 bits per heavy atom. The number of rotatable bonds is 5. The van der Waals surface area contributed by atoms with E-state index in [0.717, 1.165) is 17.1 Å². The van der Waals surface area contributed by atoms with Crippen molar-refractivity contribution in [1.82, 2.24) is 0 Å². The molecule has 0 saturated heterocycles. The topological polar surface area (TPSA) is 3.24 Å². The first-order chi connectivity index (χ1) is 25.3. The molecule has 0 N–H and O–H groups in total. The standard InChI is InChI=1S/C50H33N/c1-2-14-34(15-3-1)41-20-12-13-25-49(41)51(50-32-37-17-5-7-19-40(37)42-21-10-11-24-46(42)50)38-29-26-36(27-30-38)47-33-48-39-18-6-4-16-35(39)28-31-45(48)43-22-8-9-23-44(43)47/h1-33H. The highest BCUT2D eigenvalue weighted by molar-refractivity contribution is 6.21. The lowest BCUT2D eigenvalue weighted by atomic mass is 9.91. The van der Waals surface area contributed by atoms with Gasteiger partial charge in [0.2, 0.25) is 0 Å². The summed E-state index contributed by atoms with van der Waals surface area (Å²) in [6.45, 7) is 0. The molecule has 0 heterocycles. The molecule has 0 unspecified atom stereocenters. The van der Waals surface area contributed by atoms with Crippen LogP contribution in [0.5, 0.6) is 0 Å². The minimum atomic E-state index is 1.11. The average Bonchev–Trinajstić information content (AvgIpc) is 3.21. The molecule has 0 aliphatic carbocycles. The fourth-order valence-electron chi connectivity index (χ4n) is 8.05. The number of anilines is 3. The number of benzene rings is 10. The van der Waals surface area contributed by atoms with Gasteiger partial charge in [0.1, 0.15) is 0 Å². The molecule has 0 aliphatic rings. The molecular formula is C50H33N. The molecular weight excluding hydrogens is 615 g/mol. The molecule has 0 fully saturated rings. The minimum absolute atomic E-state index is 1.11. The summed E-state index contributed by atoms with van der Waals surface area (Å²) in [7, 11) is 0. The predicted molar refractivity (Wildman–Crippen MR) is 220 cm³/mol. The summed E-state index contributed by atoms with van der Waals surface area (Å²) in [6.07, 6.45) is 0. The summed E-state index contributed by atoms with van der Waals surface area (Å²) < 4.78 is 0. The summed E-state index contributed by atoms with van der Waals surface area (Å²) in [5.41, 5.74) is 8.22. The molecule has 0 amide bonds. The summed E-state index contributed by atoms with van der Waals surface area (Å²) in [5.74, 6) is 0. The van der Waals surface area contributed by atoms with Gasteiger partial charge in [0.05, 0.1) is 11.4 Å². The number of fused-ring (bicyclic) bond motifs is 8. The number of para-hydroxylation sites is 1. The lowest BCUT2D eigenvalue weighted by Crippen LogP contribution is -2.12. The van der Waals surface area contributed by atoms with E-state index in [1.807, 2.05) is 0 Å². The van der Waals surface area contributed by atoms with Crippen LogP contribution in [-0.2, 0) is 0 Å². The van der Waals surface area contributed by atoms with Gasteiger partial charge in [-0.15, -0.1) is 0 Å². The Kier molecular flexibility index (Phi) is 6.89. The Balaban J connectivity index is 1.21. The zero-order valence-electron chi connectivity index (χ0n) is 28.0. The molecule has 0 aromatic heterocycles. The van der Waals surface area contributed by atoms with Gasteiger partial charge in [0.15, 0.2) is 0 Å². The Morgan fingerprint density at radius 1 is 0.255 bits per heavy atom. The van der Waals surface area contributed by atoms with Gasteiger partial charge in [-0.2, -0.15) is 0 Å². The highest BCUT2D eigenvalue weighted by Gasteiger charge is 2.21. The fraction of sp³-hybridized carbons (Fsp3) is 0. The van der Waals surface area contributed by atoms with Crippen molar-refractivity contribution >= 4 is 70.9 Å². The molecule has 10 rings (SSSR count). The monoisotopic (exact) mass is 647 g/mol. The van der Waals surface area contributed by atoms with Gasteiger partial charge in [0, 0.05) is 16.6 Å². The summed E-state index contributed by atoms with van der Waals surface area (Å²) in [6, 6.07) is 73.0. The van der Waals surface area contributed by atoms with Crippen molar-refractivity contribution in [3.8, 4) is 22.3 Å². The van der Waals surface area contributed by atoms with Crippen LogP contribution in [0.1, 0.15) is 0 Å². The maximum absolute atomic E-state index is 2.45. The molecule has 1 heteroatoms. The van der Waals surface area contributed by atoms with Crippen LogP contribution in [0.3, 0.4) is 0 Å². The lowest BCUT2D eigenvalue weighted by molar-refractivity contribution is 1.30. The van der Waals surface area contributed by atoms with Crippen molar-refractivity contribution in [3.63, 3.8) is 0 Å². The van der Waals surface area contributed by atoms with Crippen LogP contribution in [0, 0.1) is 0 Å². The molecule has 51 heavy (non-hydrogen) atoms. The van der Waals surface area contributed by atoms with E-state index in [0.29, 0.717) is 0 Å². The third kappa shape index (κ3) is 4.86. The first kappa shape index (κ1) is 29.2. The number of hydrogen-bond acceptors (Lipinski definition) is 1. The Bertz CT molecular complexity index is 2900. The van der Waals surface area contributed by atoms with Crippen LogP contribution >= 0.6 is 0 Å². The van der Waals surface area contributed by atoms with Crippen molar-refractivity contribution in [2.75, 3.05) is 4.90 Å². The van der Waals surface area contributed by atoms with Gasteiger partial charge in [-0.25, -0.2) is 0 Å². The average molecular weight is 648 g/mol. The van der Waals surface area contributed by atoms with Crippen LogP contribution in [0.4, 0.5) is 17.1 Å². The van der Waals surface area contributed by atoms with Gasteiger partial charge in [-0.05, 0) is 95.5 Å².